The van der Waals surface area contributed by atoms with Gasteiger partial charge in [-0.1, -0.05) is 41.4 Å². The summed E-state index contributed by atoms with van der Waals surface area (Å²) < 4.78 is 5.02. The van der Waals surface area contributed by atoms with Gasteiger partial charge < -0.3 is 10.1 Å². The van der Waals surface area contributed by atoms with Crippen LogP contribution < -0.4 is 5.32 Å². The van der Waals surface area contributed by atoms with Gasteiger partial charge in [0.05, 0.1) is 23.3 Å². The van der Waals surface area contributed by atoms with Gasteiger partial charge in [0.15, 0.2) is 12.3 Å². The van der Waals surface area contributed by atoms with Crippen molar-refractivity contribution in [1.82, 2.24) is 15.3 Å². The summed E-state index contributed by atoms with van der Waals surface area (Å²) in [5.74, 6) is -1.18. The zero-order valence-corrected chi connectivity index (χ0v) is 15.8. The Bertz CT molecular complexity index is 1010. The number of aromatic nitrogens is 2. The van der Waals surface area contributed by atoms with E-state index in [1.54, 1.807) is 43.3 Å². The number of para-hydroxylation sites is 2. The number of esters is 1. The number of fused-ring (bicyclic) bond motifs is 1. The highest BCUT2D eigenvalue weighted by molar-refractivity contribution is 6.35. The summed E-state index contributed by atoms with van der Waals surface area (Å²) in [6, 6.07) is 11.8. The molecule has 0 saturated heterocycles. The minimum Gasteiger partial charge on any atom is -0.451 e. The summed E-state index contributed by atoms with van der Waals surface area (Å²) in [5, 5.41) is 3.66. The minimum absolute atomic E-state index is 0.0373. The highest BCUT2D eigenvalue weighted by Crippen LogP contribution is 2.26. The summed E-state index contributed by atoms with van der Waals surface area (Å²) in [5.41, 5.74) is 1.99. The molecule has 1 unspecified atom stereocenters. The van der Waals surface area contributed by atoms with Crippen LogP contribution in [0.2, 0.25) is 10.0 Å². The van der Waals surface area contributed by atoms with Crippen LogP contribution in [0.4, 0.5) is 0 Å². The Morgan fingerprint density at radius 1 is 1.15 bits per heavy atom. The predicted octanol–water partition coefficient (Wildman–Crippen LogP) is 3.97. The lowest BCUT2D eigenvalue weighted by Gasteiger charge is -2.16. The number of halogens is 2. The van der Waals surface area contributed by atoms with E-state index in [4.69, 9.17) is 27.9 Å². The highest BCUT2D eigenvalue weighted by atomic mass is 35.5. The third-order valence-electron chi connectivity index (χ3n) is 3.80. The van der Waals surface area contributed by atoms with Gasteiger partial charge in [0.25, 0.3) is 5.91 Å². The number of nitrogens with zero attached hydrogens (tertiary/aromatic N) is 2. The number of carbonyl (C=O) groups excluding carboxylic acids is 2. The number of hydrogen-bond acceptors (Lipinski definition) is 5. The third kappa shape index (κ3) is 4.72. The summed E-state index contributed by atoms with van der Waals surface area (Å²) >= 11 is 12.0. The molecular weight excluding hydrogens is 389 g/mol. The van der Waals surface area contributed by atoms with E-state index >= 15 is 0 Å². The number of benzene rings is 2. The Kier molecular flexibility index (Phi) is 5.88. The molecule has 3 rings (SSSR count). The van der Waals surface area contributed by atoms with Gasteiger partial charge in [-0.2, -0.15) is 0 Å². The Morgan fingerprint density at radius 2 is 1.89 bits per heavy atom. The summed E-state index contributed by atoms with van der Waals surface area (Å²) in [6.07, 6.45) is 1.32. The molecule has 0 radical (unpaired) electrons. The fraction of sp³-hybridized carbons (Fsp3) is 0.158. The van der Waals surface area contributed by atoms with Gasteiger partial charge in [0.2, 0.25) is 0 Å². The molecule has 0 spiro atoms. The second-order valence-electron chi connectivity index (χ2n) is 5.78. The molecule has 0 fully saturated rings. The van der Waals surface area contributed by atoms with Crippen LogP contribution in [0.25, 0.3) is 11.0 Å². The SMILES string of the molecule is CC(NC(=O)COC(=O)c1cnc2ccccc2n1)c1ccc(Cl)cc1Cl. The summed E-state index contributed by atoms with van der Waals surface area (Å²) in [7, 11) is 0. The van der Waals surface area contributed by atoms with E-state index in [2.05, 4.69) is 15.3 Å². The van der Waals surface area contributed by atoms with Gasteiger partial charge in [-0.3, -0.25) is 9.78 Å². The zero-order chi connectivity index (χ0) is 19.4. The summed E-state index contributed by atoms with van der Waals surface area (Å²) in [4.78, 5) is 32.5. The molecule has 0 aliphatic heterocycles. The third-order valence-corrected chi connectivity index (χ3v) is 4.36. The first-order valence-electron chi connectivity index (χ1n) is 8.07. The fourth-order valence-electron chi connectivity index (χ4n) is 2.47. The van der Waals surface area contributed by atoms with Crippen LogP contribution in [0.3, 0.4) is 0 Å². The van der Waals surface area contributed by atoms with Gasteiger partial charge >= 0.3 is 5.97 Å². The van der Waals surface area contributed by atoms with Gasteiger partial charge in [0, 0.05) is 10.0 Å². The fourth-order valence-corrected chi connectivity index (χ4v) is 3.05. The first-order chi connectivity index (χ1) is 12.9. The quantitative estimate of drug-likeness (QED) is 0.651. The maximum atomic E-state index is 12.1. The predicted molar refractivity (Wildman–Crippen MR) is 103 cm³/mol. The van der Waals surface area contributed by atoms with Crippen LogP contribution in [0.15, 0.2) is 48.7 Å². The van der Waals surface area contributed by atoms with E-state index < -0.39 is 18.5 Å². The number of hydrogen-bond donors (Lipinski definition) is 1. The number of carbonyl (C=O) groups is 2. The van der Waals surface area contributed by atoms with E-state index in [-0.39, 0.29) is 11.7 Å². The number of amides is 1. The van der Waals surface area contributed by atoms with Crippen molar-refractivity contribution >= 4 is 46.1 Å². The average Bonchev–Trinajstić information content (AvgIpc) is 2.65. The molecular formula is C19H15Cl2N3O3. The van der Waals surface area contributed by atoms with Crippen molar-refractivity contribution in [3.05, 3.63) is 70.0 Å². The highest BCUT2D eigenvalue weighted by Gasteiger charge is 2.16. The van der Waals surface area contributed by atoms with Crippen molar-refractivity contribution in [3.8, 4) is 0 Å². The van der Waals surface area contributed by atoms with Crippen LogP contribution in [0, 0.1) is 0 Å². The minimum atomic E-state index is -0.722. The lowest BCUT2D eigenvalue weighted by Crippen LogP contribution is -2.31. The van der Waals surface area contributed by atoms with Gasteiger partial charge in [-0.15, -0.1) is 0 Å². The van der Waals surface area contributed by atoms with Crippen molar-refractivity contribution in [2.24, 2.45) is 0 Å². The smallest absolute Gasteiger partial charge is 0.359 e. The van der Waals surface area contributed by atoms with E-state index in [0.717, 1.165) is 0 Å². The van der Waals surface area contributed by atoms with Crippen molar-refractivity contribution in [2.45, 2.75) is 13.0 Å². The lowest BCUT2D eigenvalue weighted by atomic mass is 10.1. The molecule has 3 aromatic rings. The molecule has 6 nitrogen and oxygen atoms in total. The normalized spacial score (nSPS) is 11.8. The second kappa shape index (κ2) is 8.33. The van der Waals surface area contributed by atoms with E-state index in [0.29, 0.717) is 26.6 Å². The maximum Gasteiger partial charge on any atom is 0.359 e. The van der Waals surface area contributed by atoms with Crippen LogP contribution in [0.1, 0.15) is 29.0 Å². The Labute approximate surface area is 165 Å². The second-order valence-corrected chi connectivity index (χ2v) is 6.62. The van der Waals surface area contributed by atoms with Crippen molar-refractivity contribution < 1.29 is 14.3 Å². The van der Waals surface area contributed by atoms with Gasteiger partial charge in [-0.05, 0) is 36.8 Å². The number of rotatable bonds is 5. The standard InChI is InChI=1S/C19H15Cl2N3O3/c1-11(13-7-6-12(20)8-14(13)21)23-18(25)10-27-19(26)17-9-22-15-4-2-3-5-16(15)24-17/h2-9,11H,10H2,1H3,(H,23,25). The van der Waals surface area contributed by atoms with Crippen LogP contribution in [-0.4, -0.2) is 28.5 Å². The van der Waals surface area contributed by atoms with Crippen LogP contribution in [0.5, 0.6) is 0 Å². The number of ether oxygens (including phenoxy) is 1. The molecule has 8 heteroatoms. The van der Waals surface area contributed by atoms with Crippen molar-refractivity contribution in [1.29, 1.82) is 0 Å². The Balaban J connectivity index is 1.58. The molecule has 2 aromatic carbocycles. The zero-order valence-electron chi connectivity index (χ0n) is 14.3. The Morgan fingerprint density at radius 3 is 2.63 bits per heavy atom. The van der Waals surface area contributed by atoms with Crippen molar-refractivity contribution in [2.75, 3.05) is 6.61 Å². The molecule has 0 saturated carbocycles. The molecule has 1 atom stereocenters. The van der Waals surface area contributed by atoms with E-state index in [9.17, 15) is 9.59 Å². The molecule has 27 heavy (non-hydrogen) atoms. The monoisotopic (exact) mass is 403 g/mol. The largest absolute Gasteiger partial charge is 0.451 e. The molecule has 0 aliphatic rings. The molecule has 138 valence electrons. The topological polar surface area (TPSA) is 81.2 Å². The van der Waals surface area contributed by atoms with Crippen LogP contribution >= 0.6 is 23.2 Å². The molecule has 1 heterocycles. The Hall–Kier alpha value is -2.70. The van der Waals surface area contributed by atoms with Gasteiger partial charge in [0.1, 0.15) is 0 Å². The first-order valence-corrected chi connectivity index (χ1v) is 8.83. The molecule has 1 aromatic heterocycles. The van der Waals surface area contributed by atoms with Gasteiger partial charge in [-0.25, -0.2) is 9.78 Å². The number of nitrogens with one attached hydrogen (secondary N) is 1. The van der Waals surface area contributed by atoms with Crippen molar-refractivity contribution in [3.63, 3.8) is 0 Å². The molecule has 1 amide bonds. The lowest BCUT2D eigenvalue weighted by molar-refractivity contribution is -0.124. The van der Waals surface area contributed by atoms with E-state index in [1.165, 1.54) is 6.20 Å². The van der Waals surface area contributed by atoms with E-state index in [1.807, 2.05) is 6.07 Å². The molecule has 1 N–H and O–H groups in total. The first kappa shape index (κ1) is 19.1. The van der Waals surface area contributed by atoms with Crippen LogP contribution in [-0.2, 0) is 9.53 Å². The molecule has 0 bridgehead atoms. The molecule has 0 aliphatic carbocycles. The summed E-state index contributed by atoms with van der Waals surface area (Å²) in [6.45, 7) is 1.33. The maximum absolute atomic E-state index is 12.1. The average molecular weight is 404 g/mol.